The number of primary amides is 1. The Hall–Kier alpha value is -1.56. The predicted molar refractivity (Wildman–Crippen MR) is 82.3 cm³/mol. The van der Waals surface area contributed by atoms with Crippen molar-refractivity contribution in [1.82, 2.24) is 0 Å². The number of hydrogen-bond acceptors (Lipinski definition) is 2. The SMILES string of the molecule is Cc1ccccc1-c1c(I)ccc(C(N)=O)c1N. The largest absolute Gasteiger partial charge is 0.398 e. The molecule has 3 nitrogen and oxygen atoms in total. The quantitative estimate of drug-likeness (QED) is 0.645. The van der Waals surface area contributed by atoms with Crippen LogP contribution in [0.2, 0.25) is 0 Å². The van der Waals surface area contributed by atoms with Gasteiger partial charge in [-0.1, -0.05) is 24.3 Å². The van der Waals surface area contributed by atoms with Gasteiger partial charge in [0, 0.05) is 9.13 Å². The summed E-state index contributed by atoms with van der Waals surface area (Å²) in [6.07, 6.45) is 0. The molecule has 0 saturated heterocycles. The zero-order chi connectivity index (χ0) is 13.3. The number of benzene rings is 2. The fourth-order valence-electron chi connectivity index (χ4n) is 1.93. The van der Waals surface area contributed by atoms with Crippen molar-refractivity contribution in [2.24, 2.45) is 5.73 Å². The van der Waals surface area contributed by atoms with E-state index in [4.69, 9.17) is 11.5 Å². The second-order valence-electron chi connectivity index (χ2n) is 4.06. The van der Waals surface area contributed by atoms with E-state index in [-0.39, 0.29) is 0 Å². The van der Waals surface area contributed by atoms with Crippen LogP contribution < -0.4 is 11.5 Å². The first-order chi connectivity index (χ1) is 8.52. The smallest absolute Gasteiger partial charge is 0.250 e. The lowest BCUT2D eigenvalue weighted by Crippen LogP contribution is -2.14. The van der Waals surface area contributed by atoms with Gasteiger partial charge in [-0.3, -0.25) is 4.79 Å². The van der Waals surface area contributed by atoms with Crippen molar-refractivity contribution >= 4 is 34.2 Å². The zero-order valence-corrected chi connectivity index (χ0v) is 12.1. The van der Waals surface area contributed by atoms with E-state index in [0.717, 1.165) is 20.3 Å². The van der Waals surface area contributed by atoms with E-state index in [1.165, 1.54) is 0 Å². The van der Waals surface area contributed by atoms with Crippen LogP contribution in [-0.4, -0.2) is 5.91 Å². The van der Waals surface area contributed by atoms with Crippen molar-refractivity contribution in [2.75, 3.05) is 5.73 Å². The lowest BCUT2D eigenvalue weighted by Gasteiger charge is -2.13. The number of hydrogen-bond donors (Lipinski definition) is 2. The predicted octanol–water partition coefficient (Wildman–Crippen LogP) is 2.95. The van der Waals surface area contributed by atoms with Crippen molar-refractivity contribution in [3.8, 4) is 11.1 Å². The van der Waals surface area contributed by atoms with Crippen LogP contribution in [0.4, 0.5) is 5.69 Å². The average molecular weight is 352 g/mol. The second kappa shape index (κ2) is 4.97. The van der Waals surface area contributed by atoms with Crippen molar-refractivity contribution in [3.63, 3.8) is 0 Å². The molecule has 0 aliphatic carbocycles. The highest BCUT2D eigenvalue weighted by molar-refractivity contribution is 14.1. The summed E-state index contributed by atoms with van der Waals surface area (Å²) < 4.78 is 1.00. The highest BCUT2D eigenvalue weighted by atomic mass is 127. The maximum absolute atomic E-state index is 11.3. The molecule has 0 bridgehead atoms. The standard InChI is InChI=1S/C14H13IN2O/c1-8-4-2-3-5-9(8)12-11(15)7-6-10(13(12)16)14(17)18/h2-7H,16H2,1H3,(H2,17,18). The summed E-state index contributed by atoms with van der Waals surface area (Å²) in [5, 5.41) is 0. The van der Waals surface area contributed by atoms with Gasteiger partial charge in [-0.15, -0.1) is 0 Å². The number of carbonyl (C=O) groups excluding carboxylic acids is 1. The van der Waals surface area contributed by atoms with E-state index < -0.39 is 5.91 Å². The Balaban J connectivity index is 2.75. The summed E-state index contributed by atoms with van der Waals surface area (Å²) in [6, 6.07) is 11.5. The fourth-order valence-corrected chi connectivity index (χ4v) is 2.70. The van der Waals surface area contributed by atoms with Gasteiger partial charge in [0.05, 0.1) is 11.3 Å². The molecule has 0 aromatic heterocycles. The summed E-state index contributed by atoms with van der Waals surface area (Å²) in [6.45, 7) is 2.02. The molecule has 0 spiro atoms. The van der Waals surface area contributed by atoms with Crippen LogP contribution >= 0.6 is 22.6 Å². The maximum atomic E-state index is 11.3. The van der Waals surface area contributed by atoms with Gasteiger partial charge in [0.2, 0.25) is 0 Å². The van der Waals surface area contributed by atoms with Gasteiger partial charge in [0.15, 0.2) is 0 Å². The number of carbonyl (C=O) groups is 1. The summed E-state index contributed by atoms with van der Waals surface area (Å²) in [4.78, 5) is 11.3. The number of aryl methyl sites for hydroxylation is 1. The summed E-state index contributed by atoms with van der Waals surface area (Å²) >= 11 is 2.21. The molecule has 0 aliphatic rings. The normalized spacial score (nSPS) is 10.3. The minimum absolute atomic E-state index is 0.369. The van der Waals surface area contributed by atoms with Gasteiger partial charge in [-0.2, -0.15) is 0 Å². The number of nitrogen functional groups attached to an aromatic ring is 1. The van der Waals surface area contributed by atoms with E-state index in [1.54, 1.807) is 6.07 Å². The fraction of sp³-hybridized carbons (Fsp3) is 0.0714. The number of anilines is 1. The van der Waals surface area contributed by atoms with Gasteiger partial charge in [0.25, 0.3) is 5.91 Å². The molecule has 4 N–H and O–H groups in total. The molecule has 0 atom stereocenters. The molecule has 0 radical (unpaired) electrons. The molecule has 92 valence electrons. The Morgan fingerprint density at radius 1 is 1.17 bits per heavy atom. The number of halogens is 1. The first-order valence-corrected chi connectivity index (χ1v) is 6.54. The zero-order valence-electron chi connectivity index (χ0n) is 9.91. The van der Waals surface area contributed by atoms with Gasteiger partial charge in [-0.05, 0) is 52.8 Å². The Kier molecular flexibility index (Phi) is 3.56. The lowest BCUT2D eigenvalue weighted by molar-refractivity contribution is 0.100. The molecule has 18 heavy (non-hydrogen) atoms. The molecule has 0 aliphatic heterocycles. The molecule has 1 amide bonds. The first-order valence-electron chi connectivity index (χ1n) is 5.46. The Morgan fingerprint density at radius 2 is 1.83 bits per heavy atom. The minimum Gasteiger partial charge on any atom is -0.398 e. The highest BCUT2D eigenvalue weighted by Crippen LogP contribution is 2.34. The summed E-state index contributed by atoms with van der Waals surface area (Å²) in [5.74, 6) is -0.501. The topological polar surface area (TPSA) is 69.1 Å². The van der Waals surface area contributed by atoms with Gasteiger partial charge >= 0.3 is 0 Å². The number of rotatable bonds is 2. The third-order valence-electron chi connectivity index (χ3n) is 2.87. The van der Waals surface area contributed by atoms with Crippen LogP contribution in [-0.2, 0) is 0 Å². The minimum atomic E-state index is -0.501. The molecule has 0 heterocycles. The molecule has 4 heteroatoms. The summed E-state index contributed by atoms with van der Waals surface area (Å²) in [5.41, 5.74) is 15.2. The van der Waals surface area contributed by atoms with Crippen LogP contribution in [0.5, 0.6) is 0 Å². The van der Waals surface area contributed by atoms with Crippen molar-refractivity contribution in [1.29, 1.82) is 0 Å². The first kappa shape index (κ1) is 12.9. The Labute approximate surface area is 119 Å². The molecule has 0 fully saturated rings. The monoisotopic (exact) mass is 352 g/mol. The van der Waals surface area contributed by atoms with Gasteiger partial charge in [-0.25, -0.2) is 0 Å². The lowest BCUT2D eigenvalue weighted by atomic mass is 9.96. The third kappa shape index (κ3) is 2.20. The van der Waals surface area contributed by atoms with E-state index >= 15 is 0 Å². The maximum Gasteiger partial charge on any atom is 0.250 e. The molecule has 2 aromatic carbocycles. The average Bonchev–Trinajstić information content (AvgIpc) is 2.31. The van der Waals surface area contributed by atoms with Crippen LogP contribution in [0.25, 0.3) is 11.1 Å². The molecule has 0 saturated carbocycles. The van der Waals surface area contributed by atoms with Crippen LogP contribution in [0.15, 0.2) is 36.4 Å². The molecular weight excluding hydrogens is 339 g/mol. The van der Waals surface area contributed by atoms with E-state index in [2.05, 4.69) is 22.6 Å². The van der Waals surface area contributed by atoms with Crippen LogP contribution in [0, 0.1) is 10.5 Å². The molecule has 2 rings (SSSR count). The number of amides is 1. The highest BCUT2D eigenvalue weighted by Gasteiger charge is 2.15. The van der Waals surface area contributed by atoms with Crippen LogP contribution in [0.3, 0.4) is 0 Å². The van der Waals surface area contributed by atoms with Gasteiger partial charge in [0.1, 0.15) is 0 Å². The molecule has 0 unspecified atom stereocenters. The third-order valence-corrected chi connectivity index (χ3v) is 3.77. The van der Waals surface area contributed by atoms with Crippen LogP contribution in [0.1, 0.15) is 15.9 Å². The van der Waals surface area contributed by atoms with E-state index in [9.17, 15) is 4.79 Å². The van der Waals surface area contributed by atoms with Crippen molar-refractivity contribution in [3.05, 3.63) is 51.1 Å². The molecular formula is C14H13IN2O. The van der Waals surface area contributed by atoms with Crippen molar-refractivity contribution < 1.29 is 4.79 Å². The van der Waals surface area contributed by atoms with E-state index in [0.29, 0.717) is 11.3 Å². The van der Waals surface area contributed by atoms with E-state index in [1.807, 2.05) is 37.3 Å². The Morgan fingerprint density at radius 3 is 2.44 bits per heavy atom. The Bertz CT molecular complexity index is 623. The van der Waals surface area contributed by atoms with Gasteiger partial charge < -0.3 is 11.5 Å². The second-order valence-corrected chi connectivity index (χ2v) is 5.22. The molecule has 2 aromatic rings. The summed E-state index contributed by atoms with van der Waals surface area (Å²) in [7, 11) is 0. The van der Waals surface area contributed by atoms with Crippen molar-refractivity contribution in [2.45, 2.75) is 6.92 Å². The number of nitrogens with two attached hydrogens (primary N) is 2.